The number of benzene rings is 1. The first-order chi connectivity index (χ1) is 15.1. The van der Waals surface area contributed by atoms with E-state index < -0.39 is 5.95 Å². The maximum Gasteiger partial charge on any atom is 0.214 e. The van der Waals surface area contributed by atoms with Crippen LogP contribution in [0.5, 0.6) is 0 Å². The molecule has 8 heteroatoms. The van der Waals surface area contributed by atoms with Gasteiger partial charge in [-0.1, -0.05) is 18.2 Å². The molecule has 2 N–H and O–H groups in total. The number of anilines is 2. The van der Waals surface area contributed by atoms with Crippen LogP contribution in [0.15, 0.2) is 53.6 Å². The van der Waals surface area contributed by atoms with E-state index in [1.54, 1.807) is 18.2 Å². The Morgan fingerprint density at radius 2 is 1.75 bits per heavy atom. The molecule has 2 aromatic heterocycles. The number of nitrogens with one attached hydrogen (secondary N) is 2. The SMILES string of the molecule is Cc1nc(SNc2cccc(F)n2)ccc1NCc1c(F)cccc1CN(C)C(C)(C)C. The lowest BCUT2D eigenvalue weighted by Gasteiger charge is -2.32. The molecule has 5 nitrogen and oxygen atoms in total. The van der Waals surface area contributed by atoms with Crippen LogP contribution in [0, 0.1) is 18.7 Å². The normalized spacial score (nSPS) is 11.6. The van der Waals surface area contributed by atoms with E-state index in [0.717, 1.165) is 22.0 Å². The summed E-state index contributed by atoms with van der Waals surface area (Å²) in [6.45, 7) is 9.32. The molecule has 0 fully saturated rings. The zero-order valence-corrected chi connectivity index (χ0v) is 19.9. The van der Waals surface area contributed by atoms with E-state index >= 15 is 0 Å². The lowest BCUT2D eigenvalue weighted by molar-refractivity contribution is 0.167. The molecule has 0 radical (unpaired) electrons. The lowest BCUT2D eigenvalue weighted by Crippen LogP contribution is -2.37. The fourth-order valence-electron chi connectivity index (χ4n) is 2.98. The molecule has 0 amide bonds. The smallest absolute Gasteiger partial charge is 0.214 e. The van der Waals surface area contributed by atoms with Crippen LogP contribution in [0.2, 0.25) is 0 Å². The molecule has 0 aliphatic rings. The van der Waals surface area contributed by atoms with Gasteiger partial charge in [-0.25, -0.2) is 14.4 Å². The average molecular weight is 458 g/mol. The predicted octanol–water partition coefficient (Wildman–Crippen LogP) is 6.02. The molecular formula is C24H29F2N5S. The van der Waals surface area contributed by atoms with Crippen LogP contribution in [0.1, 0.15) is 37.6 Å². The average Bonchev–Trinajstić information content (AvgIpc) is 2.72. The van der Waals surface area contributed by atoms with Gasteiger partial charge in [0.15, 0.2) is 0 Å². The van der Waals surface area contributed by atoms with E-state index in [4.69, 9.17) is 0 Å². The molecule has 0 saturated carbocycles. The number of pyridine rings is 2. The number of hydrogen-bond acceptors (Lipinski definition) is 6. The van der Waals surface area contributed by atoms with Crippen LogP contribution in [0.4, 0.5) is 20.3 Å². The molecule has 1 aromatic carbocycles. The fraction of sp³-hybridized carbons (Fsp3) is 0.333. The highest BCUT2D eigenvalue weighted by Crippen LogP contribution is 2.24. The first-order valence-corrected chi connectivity index (χ1v) is 11.2. The molecule has 32 heavy (non-hydrogen) atoms. The van der Waals surface area contributed by atoms with Crippen LogP contribution in [-0.4, -0.2) is 27.5 Å². The summed E-state index contributed by atoms with van der Waals surface area (Å²) in [5.74, 6) is -0.341. The molecule has 3 aromatic rings. The molecule has 0 saturated heterocycles. The minimum Gasteiger partial charge on any atom is -0.379 e. The van der Waals surface area contributed by atoms with Gasteiger partial charge in [-0.05, 0) is 70.6 Å². The molecule has 0 aliphatic carbocycles. The zero-order valence-electron chi connectivity index (χ0n) is 19.0. The minimum atomic E-state index is -0.541. The number of aromatic nitrogens is 2. The summed E-state index contributed by atoms with van der Waals surface area (Å²) >= 11 is 1.25. The summed E-state index contributed by atoms with van der Waals surface area (Å²) in [4.78, 5) is 10.5. The Bertz CT molecular complexity index is 1070. The second kappa shape index (κ2) is 10.3. The number of hydrogen-bond donors (Lipinski definition) is 2. The number of aryl methyl sites for hydroxylation is 1. The van der Waals surface area contributed by atoms with Crippen molar-refractivity contribution in [2.75, 3.05) is 17.1 Å². The molecule has 0 atom stereocenters. The highest BCUT2D eigenvalue weighted by molar-refractivity contribution is 8.00. The van der Waals surface area contributed by atoms with Crippen molar-refractivity contribution in [1.29, 1.82) is 0 Å². The van der Waals surface area contributed by atoms with E-state index in [0.29, 0.717) is 24.5 Å². The molecule has 0 spiro atoms. The molecule has 3 rings (SSSR count). The van der Waals surface area contributed by atoms with Crippen LogP contribution in [-0.2, 0) is 13.1 Å². The third-order valence-electron chi connectivity index (χ3n) is 5.26. The van der Waals surface area contributed by atoms with E-state index in [1.165, 1.54) is 24.1 Å². The molecule has 170 valence electrons. The van der Waals surface area contributed by atoms with Gasteiger partial charge in [0.2, 0.25) is 5.95 Å². The van der Waals surface area contributed by atoms with Crippen LogP contribution < -0.4 is 10.0 Å². The minimum absolute atomic E-state index is 0.0138. The summed E-state index contributed by atoms with van der Waals surface area (Å²) in [5, 5.41) is 4.04. The quantitative estimate of drug-likeness (QED) is 0.318. The molecule has 0 unspecified atom stereocenters. The highest BCUT2D eigenvalue weighted by atomic mass is 32.2. The largest absolute Gasteiger partial charge is 0.379 e. The zero-order chi connectivity index (χ0) is 23.3. The van der Waals surface area contributed by atoms with Gasteiger partial charge in [-0.2, -0.15) is 4.39 Å². The Labute approximate surface area is 192 Å². The highest BCUT2D eigenvalue weighted by Gasteiger charge is 2.19. The maximum atomic E-state index is 14.6. The summed E-state index contributed by atoms with van der Waals surface area (Å²) < 4.78 is 30.8. The van der Waals surface area contributed by atoms with Gasteiger partial charge in [-0.15, -0.1) is 0 Å². The molecule has 0 bridgehead atoms. The predicted molar refractivity (Wildman–Crippen MR) is 128 cm³/mol. The Morgan fingerprint density at radius 1 is 1.00 bits per heavy atom. The number of nitrogens with zero attached hydrogens (tertiary/aromatic N) is 3. The summed E-state index contributed by atoms with van der Waals surface area (Å²) in [6, 6.07) is 13.5. The van der Waals surface area contributed by atoms with Gasteiger partial charge >= 0.3 is 0 Å². The molecular weight excluding hydrogens is 428 g/mol. The number of rotatable bonds is 8. The first-order valence-electron chi connectivity index (χ1n) is 10.4. The number of halogens is 2. The van der Waals surface area contributed by atoms with Crippen molar-refractivity contribution < 1.29 is 8.78 Å². The second-order valence-electron chi connectivity index (χ2n) is 8.59. The Balaban J connectivity index is 1.67. The van der Waals surface area contributed by atoms with Crippen molar-refractivity contribution in [2.45, 2.75) is 51.3 Å². The Kier molecular flexibility index (Phi) is 7.69. The monoisotopic (exact) mass is 457 g/mol. The Hall–Kier alpha value is -2.71. The second-order valence-corrected chi connectivity index (χ2v) is 9.42. The van der Waals surface area contributed by atoms with Crippen molar-refractivity contribution in [1.82, 2.24) is 14.9 Å². The Morgan fingerprint density at radius 3 is 2.44 bits per heavy atom. The van der Waals surface area contributed by atoms with Gasteiger partial charge in [0.25, 0.3) is 0 Å². The maximum absolute atomic E-state index is 14.6. The van der Waals surface area contributed by atoms with E-state index in [1.807, 2.05) is 32.2 Å². The van der Waals surface area contributed by atoms with Crippen molar-refractivity contribution in [3.63, 3.8) is 0 Å². The van der Waals surface area contributed by atoms with Gasteiger partial charge < -0.3 is 10.0 Å². The van der Waals surface area contributed by atoms with Gasteiger partial charge in [0.1, 0.15) is 16.7 Å². The van der Waals surface area contributed by atoms with Crippen molar-refractivity contribution >= 4 is 23.5 Å². The summed E-state index contributed by atoms with van der Waals surface area (Å²) in [7, 11) is 2.04. The molecule has 0 aliphatic heterocycles. The fourth-order valence-corrected chi connectivity index (χ4v) is 3.62. The summed E-state index contributed by atoms with van der Waals surface area (Å²) in [6.07, 6.45) is 0. The van der Waals surface area contributed by atoms with Gasteiger partial charge in [0.05, 0.1) is 11.4 Å². The van der Waals surface area contributed by atoms with Gasteiger partial charge in [0, 0.05) is 36.1 Å². The third-order valence-corrected chi connectivity index (χ3v) is 6.01. The first kappa shape index (κ1) is 23.9. The summed E-state index contributed by atoms with van der Waals surface area (Å²) in [5.41, 5.74) is 3.21. The van der Waals surface area contributed by atoms with Crippen molar-refractivity contribution in [3.8, 4) is 0 Å². The third kappa shape index (κ3) is 6.40. The van der Waals surface area contributed by atoms with Gasteiger partial charge in [-0.3, -0.25) is 4.90 Å². The lowest BCUT2D eigenvalue weighted by atomic mass is 10.0. The van der Waals surface area contributed by atoms with Crippen LogP contribution >= 0.6 is 11.9 Å². The van der Waals surface area contributed by atoms with Crippen LogP contribution in [0.3, 0.4) is 0 Å². The standard InChI is InChI=1S/C24H29F2N5S/c1-16-20(12-13-23(28-16)32-30-22-11-7-10-21(26)29-22)27-14-18-17(8-6-9-19(18)25)15-31(5)24(2,3)4/h6-13,27H,14-15H2,1-5H3,(H,29,30). The van der Waals surface area contributed by atoms with Crippen molar-refractivity contribution in [2.24, 2.45) is 0 Å². The van der Waals surface area contributed by atoms with E-state index in [9.17, 15) is 8.78 Å². The van der Waals surface area contributed by atoms with E-state index in [2.05, 4.69) is 45.7 Å². The van der Waals surface area contributed by atoms with E-state index in [-0.39, 0.29) is 11.4 Å². The topological polar surface area (TPSA) is 53.1 Å². The van der Waals surface area contributed by atoms with Crippen LogP contribution in [0.25, 0.3) is 0 Å². The van der Waals surface area contributed by atoms with Crippen molar-refractivity contribution in [3.05, 3.63) is 77.1 Å². The molecule has 2 heterocycles.